The highest BCUT2D eigenvalue weighted by Crippen LogP contribution is 2.18. The molecule has 0 unspecified atom stereocenters. The van der Waals surface area contributed by atoms with Gasteiger partial charge in [-0.05, 0) is 18.2 Å². The molecule has 0 fully saturated rings. The predicted octanol–water partition coefficient (Wildman–Crippen LogP) is -0.634. The van der Waals surface area contributed by atoms with Gasteiger partial charge in [0.2, 0.25) is 0 Å². The second kappa shape index (κ2) is 3.84. The number of nitriles is 1. The first-order valence-electron chi connectivity index (χ1n) is 3.61. The maximum Gasteiger partial charge on any atom is 0.124 e. The Morgan fingerprint density at radius 3 is 1.56 bits per heavy atom. The molecule has 16 heavy (non-hydrogen) atoms. The van der Waals surface area contributed by atoms with Gasteiger partial charge >= 0.3 is 0 Å². The van der Waals surface area contributed by atoms with Gasteiger partial charge < -0.3 is 9.11 Å². The maximum atomic E-state index is 10.6. The van der Waals surface area contributed by atoms with Crippen LogP contribution in [0.5, 0.6) is 0 Å². The standard InChI is InChI=1S/C7H5NO6S2/c8-4-5-1-6(15(9,10)11)3-7(2-5)16(12,13)14/h1-3H,(H,9,10,11)(H,12,13,14)/p-2. The number of hydrogen-bond acceptors (Lipinski definition) is 7. The van der Waals surface area contributed by atoms with Crippen molar-refractivity contribution in [3.63, 3.8) is 0 Å². The highest BCUT2D eigenvalue weighted by molar-refractivity contribution is 7.86. The molecule has 0 N–H and O–H groups in total. The van der Waals surface area contributed by atoms with Crippen LogP contribution in [0.1, 0.15) is 5.56 Å². The van der Waals surface area contributed by atoms with Crippen molar-refractivity contribution < 1.29 is 25.9 Å². The zero-order valence-electron chi connectivity index (χ0n) is 7.45. The lowest BCUT2D eigenvalue weighted by Crippen LogP contribution is -2.04. The van der Waals surface area contributed by atoms with Crippen LogP contribution < -0.4 is 0 Å². The van der Waals surface area contributed by atoms with Crippen LogP contribution in [0, 0.1) is 11.3 Å². The van der Waals surface area contributed by atoms with E-state index in [0.29, 0.717) is 18.2 Å². The van der Waals surface area contributed by atoms with Crippen LogP contribution in [0.3, 0.4) is 0 Å². The Morgan fingerprint density at radius 2 is 1.31 bits per heavy atom. The van der Waals surface area contributed by atoms with Crippen molar-refractivity contribution >= 4 is 20.2 Å². The minimum Gasteiger partial charge on any atom is -0.744 e. The summed E-state index contributed by atoms with van der Waals surface area (Å²) in [5.74, 6) is 0. The molecule has 1 aromatic carbocycles. The van der Waals surface area contributed by atoms with Crippen molar-refractivity contribution in [3.8, 4) is 6.07 Å². The van der Waals surface area contributed by atoms with Crippen molar-refractivity contribution in [2.45, 2.75) is 9.79 Å². The van der Waals surface area contributed by atoms with E-state index in [0.717, 1.165) is 0 Å². The topological polar surface area (TPSA) is 138 Å². The molecule has 0 atom stereocenters. The molecule has 1 rings (SSSR count). The first-order chi connectivity index (χ1) is 7.14. The van der Waals surface area contributed by atoms with E-state index < -0.39 is 35.6 Å². The summed E-state index contributed by atoms with van der Waals surface area (Å²) in [6, 6.07) is 3.25. The summed E-state index contributed by atoms with van der Waals surface area (Å²) in [4.78, 5) is -1.86. The summed E-state index contributed by atoms with van der Waals surface area (Å²) >= 11 is 0. The van der Waals surface area contributed by atoms with Gasteiger partial charge in [-0.3, -0.25) is 0 Å². The third-order valence-corrected chi connectivity index (χ3v) is 3.21. The molecule has 0 amide bonds. The lowest BCUT2D eigenvalue weighted by molar-refractivity contribution is 0.461. The highest BCUT2D eigenvalue weighted by Gasteiger charge is 2.09. The molecular weight excluding hydrogens is 258 g/mol. The van der Waals surface area contributed by atoms with Gasteiger partial charge in [0.1, 0.15) is 20.2 Å². The molecule has 0 aliphatic rings. The highest BCUT2D eigenvalue weighted by atomic mass is 32.2. The van der Waals surface area contributed by atoms with Crippen molar-refractivity contribution in [1.29, 1.82) is 5.26 Å². The third-order valence-electron chi connectivity index (χ3n) is 1.59. The summed E-state index contributed by atoms with van der Waals surface area (Å²) in [7, 11) is -9.85. The van der Waals surface area contributed by atoms with Crippen molar-refractivity contribution in [2.75, 3.05) is 0 Å². The molecular formula is C7H3NO6S2-2. The van der Waals surface area contributed by atoms with Gasteiger partial charge in [-0.15, -0.1) is 0 Å². The van der Waals surface area contributed by atoms with E-state index in [2.05, 4.69) is 0 Å². The second-order valence-corrected chi connectivity index (χ2v) is 5.47. The zero-order chi connectivity index (χ0) is 12.6. The molecule has 0 aliphatic heterocycles. The largest absolute Gasteiger partial charge is 0.744 e. The smallest absolute Gasteiger partial charge is 0.124 e. The molecule has 9 heteroatoms. The van der Waals surface area contributed by atoms with E-state index in [1.165, 1.54) is 6.07 Å². The fraction of sp³-hybridized carbons (Fsp3) is 0. The Bertz CT molecular complexity index is 617. The molecule has 0 saturated heterocycles. The van der Waals surface area contributed by atoms with E-state index in [-0.39, 0.29) is 0 Å². The summed E-state index contributed by atoms with van der Waals surface area (Å²) in [6.07, 6.45) is 0. The summed E-state index contributed by atoms with van der Waals surface area (Å²) in [5, 5.41) is 8.47. The Kier molecular flexibility index (Phi) is 3.02. The van der Waals surface area contributed by atoms with Crippen LogP contribution in [0.2, 0.25) is 0 Å². The number of nitrogens with zero attached hydrogens (tertiary/aromatic N) is 1. The number of hydrogen-bond donors (Lipinski definition) is 0. The van der Waals surface area contributed by atoms with Crippen LogP contribution in [0.25, 0.3) is 0 Å². The molecule has 0 spiro atoms. The maximum absolute atomic E-state index is 10.6. The van der Waals surface area contributed by atoms with Gasteiger partial charge in [-0.25, -0.2) is 16.8 Å². The third kappa shape index (κ3) is 2.77. The Hall–Kier alpha value is -1.47. The minimum absolute atomic E-state index is 0.397. The molecule has 0 bridgehead atoms. The summed E-state index contributed by atoms with van der Waals surface area (Å²) in [6.45, 7) is 0. The molecule has 0 saturated carbocycles. The first-order valence-corrected chi connectivity index (χ1v) is 6.43. The van der Waals surface area contributed by atoms with Crippen molar-refractivity contribution in [3.05, 3.63) is 23.8 Å². The Balaban J connectivity index is 3.66. The average molecular weight is 261 g/mol. The van der Waals surface area contributed by atoms with Gasteiger partial charge in [0, 0.05) is 0 Å². The summed E-state index contributed by atoms with van der Waals surface area (Å²) < 4.78 is 63.7. The first kappa shape index (κ1) is 12.6. The van der Waals surface area contributed by atoms with Gasteiger partial charge in [-0.2, -0.15) is 5.26 Å². The van der Waals surface area contributed by atoms with Gasteiger partial charge in [0.25, 0.3) is 0 Å². The molecule has 86 valence electrons. The van der Waals surface area contributed by atoms with Crippen molar-refractivity contribution in [1.82, 2.24) is 0 Å². The van der Waals surface area contributed by atoms with E-state index >= 15 is 0 Å². The Labute approximate surface area is 91.4 Å². The fourth-order valence-corrected chi connectivity index (χ4v) is 2.08. The van der Waals surface area contributed by atoms with Gasteiger partial charge in [0.15, 0.2) is 0 Å². The van der Waals surface area contributed by atoms with Gasteiger partial charge in [-0.1, -0.05) is 0 Å². The normalized spacial score (nSPS) is 12.1. The number of benzene rings is 1. The Morgan fingerprint density at radius 1 is 0.938 bits per heavy atom. The van der Waals surface area contributed by atoms with Crippen LogP contribution in [-0.4, -0.2) is 25.9 Å². The number of rotatable bonds is 2. The van der Waals surface area contributed by atoms with Crippen LogP contribution >= 0.6 is 0 Å². The van der Waals surface area contributed by atoms with Crippen LogP contribution in [-0.2, 0) is 20.2 Å². The molecule has 0 aliphatic carbocycles. The second-order valence-electron chi connectivity index (χ2n) is 2.71. The van der Waals surface area contributed by atoms with Crippen LogP contribution in [0.15, 0.2) is 28.0 Å². The monoisotopic (exact) mass is 261 g/mol. The van der Waals surface area contributed by atoms with E-state index in [9.17, 15) is 25.9 Å². The van der Waals surface area contributed by atoms with E-state index in [4.69, 9.17) is 5.26 Å². The predicted molar refractivity (Wildman–Crippen MR) is 47.1 cm³/mol. The quantitative estimate of drug-likeness (QED) is 0.645. The van der Waals surface area contributed by atoms with Gasteiger partial charge in [0.05, 0.1) is 21.4 Å². The molecule has 1 aromatic rings. The molecule has 0 aromatic heterocycles. The zero-order valence-corrected chi connectivity index (χ0v) is 9.08. The lowest BCUT2D eigenvalue weighted by Gasteiger charge is -2.11. The SMILES string of the molecule is N#Cc1cc(S(=O)(=O)[O-])cc(S(=O)(=O)[O-])c1. The van der Waals surface area contributed by atoms with Crippen LogP contribution in [0.4, 0.5) is 0 Å². The summed E-state index contributed by atoms with van der Waals surface area (Å²) in [5.41, 5.74) is -0.397. The fourth-order valence-electron chi connectivity index (χ4n) is 0.925. The minimum atomic E-state index is -4.92. The average Bonchev–Trinajstić information content (AvgIpc) is 2.14. The van der Waals surface area contributed by atoms with Crippen molar-refractivity contribution in [2.24, 2.45) is 0 Å². The van der Waals surface area contributed by atoms with E-state index in [1.54, 1.807) is 0 Å². The molecule has 7 nitrogen and oxygen atoms in total. The molecule has 0 radical (unpaired) electrons. The lowest BCUT2D eigenvalue weighted by atomic mass is 10.2. The molecule has 0 heterocycles. The van der Waals surface area contributed by atoms with E-state index in [1.807, 2.05) is 0 Å².